The maximum atomic E-state index is 12.4. The largest absolute Gasteiger partial charge is 0.462 e. The normalized spacial score (nSPS) is 15.3. The minimum Gasteiger partial charge on any atom is -0.462 e. The van der Waals surface area contributed by atoms with E-state index in [9.17, 15) is 14.4 Å². The van der Waals surface area contributed by atoms with Crippen LogP contribution < -0.4 is 5.32 Å². The summed E-state index contributed by atoms with van der Waals surface area (Å²) in [6.45, 7) is 5.47. The quantitative estimate of drug-likeness (QED) is 0.269. The molecule has 158 valence electrons. The number of anilines is 1. The van der Waals surface area contributed by atoms with Gasteiger partial charge in [-0.25, -0.2) is 14.4 Å². The van der Waals surface area contributed by atoms with Gasteiger partial charge in [0, 0.05) is 20.0 Å². The monoisotopic (exact) mass is 403 g/mol. The number of rotatable bonds is 10. The van der Waals surface area contributed by atoms with Crippen LogP contribution in [0.3, 0.4) is 0 Å². The molecule has 0 unspecified atom stereocenters. The Labute approximate surface area is 171 Å². The van der Waals surface area contributed by atoms with Gasteiger partial charge >= 0.3 is 17.9 Å². The summed E-state index contributed by atoms with van der Waals surface area (Å²) in [5, 5.41) is 2.81. The van der Waals surface area contributed by atoms with Crippen LogP contribution in [0.1, 0.15) is 69.7 Å². The van der Waals surface area contributed by atoms with E-state index in [2.05, 4.69) is 12.2 Å². The molecule has 0 spiro atoms. The first-order valence-electron chi connectivity index (χ1n) is 10.0. The Morgan fingerprint density at radius 2 is 1.66 bits per heavy atom. The van der Waals surface area contributed by atoms with Crippen molar-refractivity contribution in [2.24, 2.45) is 0 Å². The molecule has 1 saturated heterocycles. The van der Waals surface area contributed by atoms with Crippen LogP contribution in [-0.2, 0) is 23.8 Å². The average molecular weight is 403 g/mol. The molecule has 1 N–H and O–H groups in total. The van der Waals surface area contributed by atoms with Crippen LogP contribution in [0, 0.1) is 0 Å². The second-order valence-corrected chi connectivity index (χ2v) is 7.33. The zero-order valence-corrected chi connectivity index (χ0v) is 17.3. The molecule has 7 heteroatoms. The van der Waals surface area contributed by atoms with Crippen molar-refractivity contribution in [3.8, 4) is 0 Å². The Hall–Kier alpha value is -2.83. The Morgan fingerprint density at radius 3 is 2.34 bits per heavy atom. The van der Waals surface area contributed by atoms with Crippen molar-refractivity contribution in [3.05, 3.63) is 41.6 Å². The highest BCUT2D eigenvalue weighted by atomic mass is 16.7. The van der Waals surface area contributed by atoms with Crippen molar-refractivity contribution < 1.29 is 28.6 Å². The lowest BCUT2D eigenvalue weighted by molar-refractivity contribution is -0.222. The molecule has 0 aliphatic carbocycles. The van der Waals surface area contributed by atoms with Gasteiger partial charge in [0.05, 0.1) is 17.9 Å². The fourth-order valence-electron chi connectivity index (χ4n) is 2.84. The van der Waals surface area contributed by atoms with E-state index in [0.717, 1.165) is 19.3 Å². The number of nitrogens with one attached hydrogen (secondary N) is 1. The third kappa shape index (κ3) is 6.93. The van der Waals surface area contributed by atoms with Crippen LogP contribution in [0.4, 0.5) is 5.69 Å². The molecule has 7 nitrogen and oxygen atoms in total. The molecular weight excluding hydrogens is 374 g/mol. The standard InChI is InChI=1S/C22H29NO6/c1-4-5-6-7-8-11-14-27-19(24)16-12-9-10-13-18(16)23-15-17-20(25)28-22(2,3)29-21(17)26/h9-10,12-13,15,23H,4-8,11,14H2,1-3H3. The maximum Gasteiger partial charge on any atom is 0.350 e. The molecule has 0 atom stereocenters. The molecule has 0 aromatic heterocycles. The number of unbranched alkanes of at least 4 members (excludes halogenated alkanes) is 5. The van der Waals surface area contributed by atoms with Gasteiger partial charge in [0.2, 0.25) is 0 Å². The molecule has 1 aromatic carbocycles. The molecule has 2 rings (SSSR count). The summed E-state index contributed by atoms with van der Waals surface area (Å²) in [4.78, 5) is 36.4. The van der Waals surface area contributed by atoms with Crippen LogP contribution in [0.2, 0.25) is 0 Å². The number of ether oxygens (including phenoxy) is 3. The van der Waals surface area contributed by atoms with Gasteiger partial charge in [-0.1, -0.05) is 51.2 Å². The zero-order valence-electron chi connectivity index (χ0n) is 17.3. The second kappa shape index (κ2) is 10.6. The van der Waals surface area contributed by atoms with E-state index >= 15 is 0 Å². The Bertz CT molecular complexity index is 746. The lowest BCUT2D eigenvalue weighted by atomic mass is 10.1. The van der Waals surface area contributed by atoms with Crippen molar-refractivity contribution in [1.82, 2.24) is 0 Å². The van der Waals surface area contributed by atoms with Crippen molar-refractivity contribution in [2.75, 3.05) is 11.9 Å². The first-order valence-corrected chi connectivity index (χ1v) is 10.0. The predicted molar refractivity (Wildman–Crippen MR) is 108 cm³/mol. The van der Waals surface area contributed by atoms with E-state index in [1.165, 1.54) is 39.3 Å². The molecule has 0 radical (unpaired) electrons. The lowest BCUT2D eigenvalue weighted by Gasteiger charge is -2.29. The highest BCUT2D eigenvalue weighted by Gasteiger charge is 2.39. The summed E-state index contributed by atoms with van der Waals surface area (Å²) in [5.74, 6) is -3.34. The molecule has 1 aliphatic heterocycles. The first-order chi connectivity index (χ1) is 13.8. The van der Waals surface area contributed by atoms with Crippen molar-refractivity contribution in [3.63, 3.8) is 0 Å². The number of benzene rings is 1. The molecular formula is C22H29NO6. The lowest BCUT2D eigenvalue weighted by Crippen LogP contribution is -2.42. The second-order valence-electron chi connectivity index (χ2n) is 7.33. The van der Waals surface area contributed by atoms with Crippen LogP contribution in [0.25, 0.3) is 0 Å². The van der Waals surface area contributed by atoms with Gasteiger partial charge in [-0.3, -0.25) is 0 Å². The molecule has 1 fully saturated rings. The number of cyclic esters (lactones) is 2. The third-order valence-corrected chi connectivity index (χ3v) is 4.37. The Balaban J connectivity index is 1.94. The SMILES string of the molecule is CCCCCCCCOC(=O)c1ccccc1NC=C1C(=O)OC(C)(C)OC1=O. The van der Waals surface area contributed by atoms with E-state index in [4.69, 9.17) is 14.2 Å². The van der Waals surface area contributed by atoms with Crippen LogP contribution in [0.5, 0.6) is 0 Å². The van der Waals surface area contributed by atoms with Gasteiger partial charge in [0.25, 0.3) is 5.79 Å². The number of para-hydroxylation sites is 1. The number of carbonyl (C=O) groups excluding carboxylic acids is 3. The zero-order chi connectivity index (χ0) is 21.3. The van der Waals surface area contributed by atoms with E-state index in [1.54, 1.807) is 24.3 Å². The van der Waals surface area contributed by atoms with E-state index < -0.39 is 23.7 Å². The average Bonchev–Trinajstić information content (AvgIpc) is 2.66. The highest BCUT2D eigenvalue weighted by molar-refractivity contribution is 6.15. The van der Waals surface area contributed by atoms with Crippen molar-refractivity contribution in [1.29, 1.82) is 0 Å². The van der Waals surface area contributed by atoms with E-state index in [1.807, 2.05) is 0 Å². The summed E-state index contributed by atoms with van der Waals surface area (Å²) in [5.41, 5.74) is 0.450. The number of hydrogen-bond acceptors (Lipinski definition) is 7. The number of carbonyl (C=O) groups is 3. The summed E-state index contributed by atoms with van der Waals surface area (Å²) in [6.07, 6.45) is 7.80. The molecule has 1 aromatic rings. The van der Waals surface area contributed by atoms with Crippen LogP contribution in [0.15, 0.2) is 36.0 Å². The van der Waals surface area contributed by atoms with Gasteiger partial charge in [-0.2, -0.15) is 0 Å². The highest BCUT2D eigenvalue weighted by Crippen LogP contribution is 2.23. The Kier molecular flexibility index (Phi) is 8.24. The number of hydrogen-bond donors (Lipinski definition) is 1. The van der Waals surface area contributed by atoms with Crippen LogP contribution in [-0.4, -0.2) is 30.3 Å². The van der Waals surface area contributed by atoms with Gasteiger partial charge in [0.1, 0.15) is 0 Å². The summed E-state index contributed by atoms with van der Waals surface area (Å²) in [6, 6.07) is 6.71. The van der Waals surface area contributed by atoms with Gasteiger partial charge < -0.3 is 19.5 Å². The topological polar surface area (TPSA) is 90.9 Å². The fourth-order valence-corrected chi connectivity index (χ4v) is 2.84. The molecule has 0 amide bonds. The summed E-state index contributed by atoms with van der Waals surface area (Å²) >= 11 is 0. The van der Waals surface area contributed by atoms with E-state index in [0.29, 0.717) is 17.9 Å². The molecule has 0 bridgehead atoms. The molecule has 0 saturated carbocycles. The minimum absolute atomic E-state index is 0.278. The minimum atomic E-state index is -1.30. The van der Waals surface area contributed by atoms with E-state index in [-0.39, 0.29) is 5.57 Å². The first kappa shape index (κ1) is 22.5. The summed E-state index contributed by atoms with van der Waals surface area (Å²) < 4.78 is 15.4. The predicted octanol–water partition coefficient (Wildman–Crippen LogP) is 4.34. The van der Waals surface area contributed by atoms with Gasteiger partial charge in [-0.05, 0) is 18.6 Å². The fraction of sp³-hybridized carbons (Fsp3) is 0.500. The van der Waals surface area contributed by atoms with Crippen molar-refractivity contribution >= 4 is 23.6 Å². The van der Waals surface area contributed by atoms with Crippen LogP contribution >= 0.6 is 0 Å². The number of esters is 3. The Morgan fingerprint density at radius 1 is 1.03 bits per heavy atom. The summed E-state index contributed by atoms with van der Waals surface area (Å²) in [7, 11) is 0. The van der Waals surface area contributed by atoms with Gasteiger partial charge in [0.15, 0.2) is 5.57 Å². The van der Waals surface area contributed by atoms with Gasteiger partial charge in [-0.15, -0.1) is 0 Å². The third-order valence-electron chi connectivity index (χ3n) is 4.37. The molecule has 1 aliphatic rings. The maximum absolute atomic E-state index is 12.4. The van der Waals surface area contributed by atoms with Crippen molar-refractivity contribution in [2.45, 2.75) is 65.1 Å². The molecule has 29 heavy (non-hydrogen) atoms. The molecule has 1 heterocycles. The smallest absolute Gasteiger partial charge is 0.350 e.